The number of methoxy groups -OCH3 is 2. The molecule has 1 N–H and O–H groups in total. The van der Waals surface area contributed by atoms with Gasteiger partial charge in [-0.05, 0) is 36.4 Å². The summed E-state index contributed by atoms with van der Waals surface area (Å²) < 4.78 is 74.0. The van der Waals surface area contributed by atoms with E-state index < -0.39 is 34.2 Å². The van der Waals surface area contributed by atoms with Crippen LogP contribution in [0.1, 0.15) is 5.56 Å². The van der Waals surface area contributed by atoms with Gasteiger partial charge in [0.05, 0.1) is 31.2 Å². The number of halogens is 3. The highest BCUT2D eigenvalue weighted by Crippen LogP contribution is 2.31. The van der Waals surface area contributed by atoms with E-state index in [1.54, 1.807) is 0 Å². The molecule has 0 aliphatic rings. The lowest BCUT2D eigenvalue weighted by Gasteiger charge is -2.18. The highest BCUT2D eigenvalue weighted by atomic mass is 32.2. The second-order valence-electron chi connectivity index (χ2n) is 5.90. The monoisotopic (exact) mass is 432 g/mol. The zero-order valence-corrected chi connectivity index (χ0v) is 16.6. The van der Waals surface area contributed by atoms with Gasteiger partial charge in [0.2, 0.25) is 15.9 Å². The molecule has 0 saturated carbocycles. The predicted molar refractivity (Wildman–Crippen MR) is 99.4 cm³/mol. The number of nitrogens with zero attached hydrogens (tertiary/aromatic N) is 1. The van der Waals surface area contributed by atoms with E-state index in [9.17, 15) is 26.4 Å². The number of benzene rings is 2. The van der Waals surface area contributed by atoms with Crippen LogP contribution in [0.4, 0.5) is 18.9 Å². The molecule has 0 aromatic heterocycles. The molecule has 29 heavy (non-hydrogen) atoms. The van der Waals surface area contributed by atoms with Gasteiger partial charge in [-0.25, -0.2) is 8.42 Å². The SMILES string of the molecule is COc1ccc(S(=O)(=O)N(C)CC(=O)Nc2ccc(C(F)(F)F)cc2)cc1OC. The number of nitrogens with one attached hydrogen (secondary N) is 1. The fraction of sp³-hybridized carbons (Fsp3) is 0.278. The Kier molecular flexibility index (Phi) is 6.75. The topological polar surface area (TPSA) is 84.9 Å². The standard InChI is InChI=1S/C18H19F3N2O5S/c1-23(29(25,26)14-8-9-15(27-2)16(10-14)28-3)11-17(24)22-13-6-4-12(5-7-13)18(19,20)21/h4-10H,11H2,1-3H3,(H,22,24). The van der Waals surface area contributed by atoms with Crippen molar-refractivity contribution < 1.29 is 35.9 Å². The van der Waals surface area contributed by atoms with Gasteiger partial charge in [-0.2, -0.15) is 17.5 Å². The molecule has 0 bridgehead atoms. The van der Waals surface area contributed by atoms with E-state index in [2.05, 4.69) is 5.32 Å². The maximum Gasteiger partial charge on any atom is 0.416 e. The maximum atomic E-state index is 12.7. The number of carbonyl (C=O) groups is 1. The molecule has 2 rings (SSSR count). The Labute approximate surface area is 166 Å². The number of hydrogen-bond donors (Lipinski definition) is 1. The van der Waals surface area contributed by atoms with Crippen molar-refractivity contribution in [2.45, 2.75) is 11.1 Å². The minimum atomic E-state index is -4.49. The summed E-state index contributed by atoms with van der Waals surface area (Å²) >= 11 is 0. The van der Waals surface area contributed by atoms with Crippen molar-refractivity contribution in [3.63, 3.8) is 0 Å². The van der Waals surface area contributed by atoms with Gasteiger partial charge in [0.1, 0.15) is 0 Å². The maximum absolute atomic E-state index is 12.7. The first-order valence-corrected chi connectivity index (χ1v) is 9.58. The molecule has 0 unspecified atom stereocenters. The van der Waals surface area contributed by atoms with Crippen LogP contribution in [0.25, 0.3) is 0 Å². The van der Waals surface area contributed by atoms with Gasteiger partial charge in [-0.1, -0.05) is 0 Å². The predicted octanol–water partition coefficient (Wildman–Crippen LogP) is 2.98. The molecule has 0 spiro atoms. The van der Waals surface area contributed by atoms with Gasteiger partial charge in [-0.15, -0.1) is 0 Å². The zero-order chi connectivity index (χ0) is 21.8. The van der Waals surface area contributed by atoms with Gasteiger partial charge in [0.15, 0.2) is 11.5 Å². The molecule has 158 valence electrons. The van der Waals surface area contributed by atoms with Crippen LogP contribution in [0.5, 0.6) is 11.5 Å². The van der Waals surface area contributed by atoms with E-state index in [0.29, 0.717) is 5.75 Å². The summed E-state index contributed by atoms with van der Waals surface area (Å²) in [4.78, 5) is 12.0. The van der Waals surface area contributed by atoms with Crippen molar-refractivity contribution in [2.24, 2.45) is 0 Å². The zero-order valence-electron chi connectivity index (χ0n) is 15.8. The number of likely N-dealkylation sites (N-methyl/N-ethyl adjacent to an activating group) is 1. The second kappa shape index (κ2) is 8.70. The summed E-state index contributed by atoms with van der Waals surface area (Å²) in [7, 11) is -0.0520. The Morgan fingerprint density at radius 2 is 1.62 bits per heavy atom. The van der Waals surface area contributed by atoms with E-state index >= 15 is 0 Å². The normalized spacial score (nSPS) is 12.0. The van der Waals surface area contributed by atoms with E-state index in [1.165, 1.54) is 39.5 Å². The average Bonchev–Trinajstić information content (AvgIpc) is 2.66. The Morgan fingerprint density at radius 1 is 1.03 bits per heavy atom. The van der Waals surface area contributed by atoms with Gasteiger partial charge < -0.3 is 14.8 Å². The van der Waals surface area contributed by atoms with Crippen molar-refractivity contribution in [1.82, 2.24) is 4.31 Å². The van der Waals surface area contributed by atoms with Crippen molar-refractivity contribution in [2.75, 3.05) is 33.1 Å². The van der Waals surface area contributed by atoms with E-state index in [1.807, 2.05) is 0 Å². The van der Waals surface area contributed by atoms with Gasteiger partial charge >= 0.3 is 6.18 Å². The fourth-order valence-corrected chi connectivity index (χ4v) is 3.53. The van der Waals surface area contributed by atoms with Crippen LogP contribution in [0.15, 0.2) is 47.4 Å². The molecular formula is C18H19F3N2O5S. The van der Waals surface area contributed by atoms with E-state index in [0.717, 1.165) is 28.6 Å². The molecule has 11 heteroatoms. The first-order valence-electron chi connectivity index (χ1n) is 8.14. The Bertz CT molecular complexity index is 976. The highest BCUT2D eigenvalue weighted by Gasteiger charge is 2.30. The molecular weight excluding hydrogens is 413 g/mol. The van der Waals surface area contributed by atoms with Crippen molar-refractivity contribution in [3.05, 3.63) is 48.0 Å². The number of ether oxygens (including phenoxy) is 2. The summed E-state index contributed by atoms with van der Waals surface area (Å²) in [5, 5.41) is 2.36. The van der Waals surface area contributed by atoms with Gasteiger partial charge in [0, 0.05) is 18.8 Å². The fourth-order valence-electron chi connectivity index (χ4n) is 2.39. The molecule has 0 aliphatic heterocycles. The smallest absolute Gasteiger partial charge is 0.416 e. The Morgan fingerprint density at radius 3 is 2.14 bits per heavy atom. The summed E-state index contributed by atoms with van der Waals surface area (Å²) in [6.45, 7) is -0.544. The largest absolute Gasteiger partial charge is 0.493 e. The highest BCUT2D eigenvalue weighted by molar-refractivity contribution is 7.89. The molecule has 7 nitrogen and oxygen atoms in total. The molecule has 0 aliphatic carbocycles. The Balaban J connectivity index is 2.10. The van der Waals surface area contributed by atoms with Crippen LogP contribution in [0.3, 0.4) is 0 Å². The third-order valence-electron chi connectivity index (χ3n) is 3.93. The van der Waals surface area contributed by atoms with Crippen LogP contribution < -0.4 is 14.8 Å². The number of alkyl halides is 3. The summed E-state index contributed by atoms with van der Waals surface area (Å²) in [5.74, 6) is -0.165. The summed E-state index contributed by atoms with van der Waals surface area (Å²) in [6, 6.07) is 7.80. The van der Waals surface area contributed by atoms with E-state index in [4.69, 9.17) is 9.47 Å². The van der Waals surface area contributed by atoms with Crippen LogP contribution in [0.2, 0.25) is 0 Å². The quantitative estimate of drug-likeness (QED) is 0.727. The number of amides is 1. The molecule has 2 aromatic rings. The Hall–Kier alpha value is -2.79. The minimum Gasteiger partial charge on any atom is -0.493 e. The van der Waals surface area contributed by atoms with Crippen molar-refractivity contribution >= 4 is 21.6 Å². The minimum absolute atomic E-state index is 0.111. The van der Waals surface area contributed by atoms with Crippen LogP contribution in [-0.4, -0.2) is 46.4 Å². The van der Waals surface area contributed by atoms with Gasteiger partial charge in [0.25, 0.3) is 0 Å². The number of anilines is 1. The first kappa shape index (κ1) is 22.5. The molecule has 0 atom stereocenters. The lowest BCUT2D eigenvalue weighted by molar-refractivity contribution is -0.137. The van der Waals surface area contributed by atoms with Gasteiger partial charge in [-0.3, -0.25) is 4.79 Å². The van der Waals surface area contributed by atoms with Crippen LogP contribution in [-0.2, 0) is 21.0 Å². The molecule has 1 amide bonds. The molecule has 0 fully saturated rings. The lowest BCUT2D eigenvalue weighted by atomic mass is 10.2. The third kappa shape index (κ3) is 5.39. The second-order valence-corrected chi connectivity index (χ2v) is 7.95. The van der Waals surface area contributed by atoms with E-state index in [-0.39, 0.29) is 16.3 Å². The number of rotatable bonds is 7. The van der Waals surface area contributed by atoms with Crippen molar-refractivity contribution in [3.8, 4) is 11.5 Å². The molecule has 0 radical (unpaired) electrons. The average molecular weight is 432 g/mol. The van der Waals surface area contributed by atoms with Crippen LogP contribution >= 0.6 is 0 Å². The van der Waals surface area contributed by atoms with Crippen LogP contribution in [0, 0.1) is 0 Å². The van der Waals surface area contributed by atoms with Crippen molar-refractivity contribution in [1.29, 1.82) is 0 Å². The number of carbonyl (C=O) groups excluding carboxylic acids is 1. The number of sulfonamides is 1. The summed E-state index contributed by atoms with van der Waals surface area (Å²) in [5.41, 5.74) is -0.747. The molecule has 0 saturated heterocycles. The first-order chi connectivity index (χ1) is 13.5. The molecule has 2 aromatic carbocycles. The third-order valence-corrected chi connectivity index (χ3v) is 5.72. The molecule has 0 heterocycles. The number of hydrogen-bond acceptors (Lipinski definition) is 5. The lowest BCUT2D eigenvalue weighted by Crippen LogP contribution is -2.35. The summed E-state index contributed by atoms with van der Waals surface area (Å²) in [6.07, 6.45) is -4.49.